The molecule has 0 spiro atoms. The molecule has 1 fully saturated rings. The van der Waals surface area contributed by atoms with Gasteiger partial charge in [-0.3, -0.25) is 9.59 Å². The Kier molecular flexibility index (Phi) is 3.45. The summed E-state index contributed by atoms with van der Waals surface area (Å²) in [4.78, 5) is 25.1. The molecular formula is C20H18N2O2. The Bertz CT molecular complexity index is 934. The third-order valence-corrected chi connectivity index (χ3v) is 4.38. The van der Waals surface area contributed by atoms with Gasteiger partial charge in [0.1, 0.15) is 5.69 Å². The molecule has 1 N–H and O–H groups in total. The summed E-state index contributed by atoms with van der Waals surface area (Å²) < 4.78 is 1.80. The first-order chi connectivity index (χ1) is 11.6. The molecule has 120 valence electrons. The van der Waals surface area contributed by atoms with E-state index in [1.54, 1.807) is 4.40 Å². The van der Waals surface area contributed by atoms with Crippen LogP contribution in [0.1, 0.15) is 28.9 Å². The van der Waals surface area contributed by atoms with Crippen LogP contribution in [0.25, 0.3) is 16.6 Å². The number of hydrogen-bond donors (Lipinski definition) is 1. The molecule has 0 saturated heterocycles. The quantitative estimate of drug-likeness (QED) is 0.592. The predicted molar refractivity (Wildman–Crippen MR) is 93.1 cm³/mol. The number of hydrogen-bond acceptors (Lipinski definition) is 2. The molecule has 4 nitrogen and oxygen atoms in total. The predicted octanol–water partition coefficient (Wildman–Crippen LogP) is 3.38. The number of carbonyl (C=O) groups excluding carboxylic acids is 2. The molecule has 1 aromatic carbocycles. The van der Waals surface area contributed by atoms with Crippen molar-refractivity contribution in [2.24, 2.45) is 0 Å². The summed E-state index contributed by atoms with van der Waals surface area (Å²) in [5, 5.41) is 2.79. The van der Waals surface area contributed by atoms with Crippen LogP contribution < -0.4 is 5.32 Å². The minimum Gasteiger partial charge on any atom is -0.346 e. The number of rotatable bonds is 4. The molecule has 0 aliphatic heterocycles. The van der Waals surface area contributed by atoms with Crippen molar-refractivity contribution in [3.05, 3.63) is 66.0 Å². The van der Waals surface area contributed by atoms with Gasteiger partial charge in [-0.1, -0.05) is 35.9 Å². The van der Waals surface area contributed by atoms with Crippen LogP contribution in [-0.2, 0) is 4.79 Å². The Morgan fingerprint density at radius 1 is 1.08 bits per heavy atom. The van der Waals surface area contributed by atoms with E-state index in [1.807, 2.05) is 61.7 Å². The highest BCUT2D eigenvalue weighted by Gasteiger charge is 2.30. The molecule has 2 aromatic heterocycles. The molecule has 0 bridgehead atoms. The van der Waals surface area contributed by atoms with E-state index in [0.717, 1.165) is 35.0 Å². The number of pyridine rings is 1. The fourth-order valence-electron chi connectivity index (χ4n) is 2.89. The lowest BCUT2D eigenvalue weighted by atomic mass is 10.0. The number of Topliss-reactive ketones (excluding diaryl/α,β-unsaturated/α-hetero) is 1. The minimum absolute atomic E-state index is 0.163. The zero-order valence-corrected chi connectivity index (χ0v) is 13.5. The molecule has 1 saturated carbocycles. The van der Waals surface area contributed by atoms with Crippen molar-refractivity contribution < 1.29 is 9.59 Å². The summed E-state index contributed by atoms with van der Waals surface area (Å²) in [6.07, 6.45) is 3.74. The molecule has 1 amide bonds. The van der Waals surface area contributed by atoms with E-state index in [9.17, 15) is 9.59 Å². The largest absolute Gasteiger partial charge is 0.346 e. The molecule has 4 heteroatoms. The van der Waals surface area contributed by atoms with Crippen LogP contribution in [0.2, 0.25) is 0 Å². The van der Waals surface area contributed by atoms with Gasteiger partial charge in [0.2, 0.25) is 0 Å². The zero-order valence-electron chi connectivity index (χ0n) is 13.5. The minimum atomic E-state index is -0.519. The van der Waals surface area contributed by atoms with E-state index in [1.165, 1.54) is 0 Å². The third-order valence-electron chi connectivity index (χ3n) is 4.38. The van der Waals surface area contributed by atoms with Gasteiger partial charge in [-0.15, -0.1) is 0 Å². The number of benzene rings is 1. The van der Waals surface area contributed by atoms with Crippen LogP contribution >= 0.6 is 0 Å². The number of fused-ring (bicyclic) bond motifs is 1. The van der Waals surface area contributed by atoms with Crippen LogP contribution in [-0.4, -0.2) is 22.1 Å². The molecule has 2 heterocycles. The van der Waals surface area contributed by atoms with Gasteiger partial charge in [0.15, 0.2) is 0 Å². The van der Waals surface area contributed by atoms with Gasteiger partial charge in [-0.05, 0) is 43.5 Å². The Morgan fingerprint density at radius 2 is 1.83 bits per heavy atom. The number of aryl methyl sites for hydroxylation is 1. The first kappa shape index (κ1) is 14.7. The SMILES string of the molecule is Cc1ccc(-c2cc3ccccn3c2C(=O)C(=O)NC2CC2)cc1. The van der Waals surface area contributed by atoms with Crippen LogP contribution in [0.3, 0.4) is 0 Å². The van der Waals surface area contributed by atoms with Crippen molar-refractivity contribution in [3.63, 3.8) is 0 Å². The second-order valence-electron chi connectivity index (χ2n) is 6.35. The van der Waals surface area contributed by atoms with Crippen molar-refractivity contribution in [3.8, 4) is 11.1 Å². The molecule has 0 atom stereocenters. The van der Waals surface area contributed by atoms with E-state index in [0.29, 0.717) is 5.69 Å². The topological polar surface area (TPSA) is 50.6 Å². The molecule has 1 aliphatic carbocycles. The van der Waals surface area contributed by atoms with Crippen LogP contribution in [0.15, 0.2) is 54.7 Å². The lowest BCUT2D eigenvalue weighted by Gasteiger charge is -2.07. The smallest absolute Gasteiger partial charge is 0.294 e. The lowest BCUT2D eigenvalue weighted by Crippen LogP contribution is -2.33. The zero-order chi connectivity index (χ0) is 16.7. The summed E-state index contributed by atoms with van der Waals surface area (Å²) in [5.41, 5.74) is 4.20. The normalized spacial score (nSPS) is 13.9. The second-order valence-corrected chi connectivity index (χ2v) is 6.35. The Labute approximate surface area is 140 Å². The van der Waals surface area contributed by atoms with Crippen LogP contribution in [0.4, 0.5) is 0 Å². The van der Waals surface area contributed by atoms with Crippen molar-refractivity contribution in [1.82, 2.24) is 9.72 Å². The van der Waals surface area contributed by atoms with Crippen molar-refractivity contribution >= 4 is 17.2 Å². The summed E-state index contributed by atoms with van der Waals surface area (Å²) in [5.74, 6) is -1.00. The van der Waals surface area contributed by atoms with Gasteiger partial charge in [0.25, 0.3) is 11.7 Å². The maximum absolute atomic E-state index is 12.8. The molecular weight excluding hydrogens is 300 g/mol. The van der Waals surface area contributed by atoms with E-state index in [-0.39, 0.29) is 6.04 Å². The van der Waals surface area contributed by atoms with Crippen LogP contribution in [0, 0.1) is 6.92 Å². The van der Waals surface area contributed by atoms with Gasteiger partial charge < -0.3 is 9.72 Å². The number of carbonyl (C=O) groups is 2. The summed E-state index contributed by atoms with van der Waals surface area (Å²) in [7, 11) is 0. The Hall–Kier alpha value is -2.88. The number of nitrogens with zero attached hydrogens (tertiary/aromatic N) is 1. The van der Waals surface area contributed by atoms with Crippen molar-refractivity contribution in [2.45, 2.75) is 25.8 Å². The highest BCUT2D eigenvalue weighted by molar-refractivity contribution is 6.43. The van der Waals surface area contributed by atoms with Gasteiger partial charge in [-0.2, -0.15) is 0 Å². The highest BCUT2D eigenvalue weighted by atomic mass is 16.2. The fourth-order valence-corrected chi connectivity index (χ4v) is 2.89. The van der Waals surface area contributed by atoms with Gasteiger partial charge in [0, 0.05) is 23.3 Å². The molecule has 0 radical (unpaired) electrons. The van der Waals surface area contributed by atoms with E-state index in [2.05, 4.69) is 5.32 Å². The van der Waals surface area contributed by atoms with Crippen LogP contribution in [0.5, 0.6) is 0 Å². The maximum Gasteiger partial charge on any atom is 0.294 e. The fraction of sp³-hybridized carbons (Fsp3) is 0.200. The first-order valence-electron chi connectivity index (χ1n) is 8.16. The lowest BCUT2D eigenvalue weighted by molar-refractivity contribution is -0.117. The number of nitrogens with one attached hydrogen (secondary N) is 1. The van der Waals surface area contributed by atoms with Crippen molar-refractivity contribution in [2.75, 3.05) is 0 Å². The Morgan fingerprint density at radius 3 is 2.54 bits per heavy atom. The standard InChI is InChI=1S/C20H18N2O2/c1-13-5-7-14(8-6-13)17-12-16-4-2-3-11-22(16)18(17)19(23)20(24)21-15-9-10-15/h2-8,11-12,15H,9-10H2,1H3,(H,21,24). The molecule has 0 unspecified atom stereocenters. The second kappa shape index (κ2) is 5.64. The van der Waals surface area contributed by atoms with Gasteiger partial charge >= 0.3 is 0 Å². The molecule has 3 aromatic rings. The number of ketones is 1. The summed E-state index contributed by atoms with van der Waals surface area (Å²) in [6.45, 7) is 2.02. The van der Waals surface area contributed by atoms with E-state index < -0.39 is 11.7 Å². The molecule has 4 rings (SSSR count). The highest BCUT2D eigenvalue weighted by Crippen LogP contribution is 2.29. The maximum atomic E-state index is 12.8. The third kappa shape index (κ3) is 2.60. The monoisotopic (exact) mass is 318 g/mol. The average molecular weight is 318 g/mol. The van der Waals surface area contributed by atoms with Crippen molar-refractivity contribution in [1.29, 1.82) is 0 Å². The molecule has 24 heavy (non-hydrogen) atoms. The number of amides is 1. The van der Waals surface area contributed by atoms with Gasteiger partial charge in [-0.25, -0.2) is 0 Å². The Balaban J connectivity index is 1.84. The van der Waals surface area contributed by atoms with Gasteiger partial charge in [0.05, 0.1) is 0 Å². The summed E-state index contributed by atoms with van der Waals surface area (Å²) in [6, 6.07) is 15.8. The first-order valence-corrected chi connectivity index (χ1v) is 8.16. The number of aromatic nitrogens is 1. The van der Waals surface area contributed by atoms with E-state index in [4.69, 9.17) is 0 Å². The van der Waals surface area contributed by atoms with E-state index >= 15 is 0 Å². The molecule has 1 aliphatic rings. The summed E-state index contributed by atoms with van der Waals surface area (Å²) >= 11 is 0. The average Bonchev–Trinajstić information content (AvgIpc) is 3.32.